The van der Waals surface area contributed by atoms with Gasteiger partial charge in [0.25, 0.3) is 0 Å². The van der Waals surface area contributed by atoms with E-state index in [2.05, 4.69) is 0 Å². The minimum atomic E-state index is 0.518. The summed E-state index contributed by atoms with van der Waals surface area (Å²) in [5.74, 6) is 2.70. The molecule has 0 aromatic carbocycles. The van der Waals surface area contributed by atoms with E-state index >= 15 is 0 Å². The Morgan fingerprint density at radius 3 is 1.61 bits per heavy atom. The molecule has 0 amide bonds. The Morgan fingerprint density at radius 1 is 0.611 bits per heavy atom. The van der Waals surface area contributed by atoms with E-state index in [1.807, 2.05) is 0 Å². The number of ketones is 1. The summed E-state index contributed by atoms with van der Waals surface area (Å²) in [7, 11) is 0. The smallest absolute Gasteiger partial charge is 0.132 e. The first kappa shape index (κ1) is 14.1. The van der Waals surface area contributed by atoms with Gasteiger partial charge in [-0.25, -0.2) is 0 Å². The van der Waals surface area contributed by atoms with Gasteiger partial charge in [0.2, 0.25) is 0 Å². The molecule has 0 aromatic heterocycles. The first-order valence-corrected chi connectivity index (χ1v) is 8.38. The minimum absolute atomic E-state index is 0.518. The van der Waals surface area contributed by atoms with E-state index in [9.17, 15) is 4.79 Å². The molecule has 2 aliphatic carbocycles. The van der Waals surface area contributed by atoms with Crippen LogP contribution in [0.3, 0.4) is 0 Å². The second-order valence-electron chi connectivity index (χ2n) is 6.55. The summed E-state index contributed by atoms with van der Waals surface area (Å²) < 4.78 is 0. The van der Waals surface area contributed by atoms with Crippen molar-refractivity contribution in [2.75, 3.05) is 0 Å². The number of hydrogen-bond acceptors (Lipinski definition) is 1. The zero-order valence-corrected chi connectivity index (χ0v) is 12.0. The highest BCUT2D eigenvalue weighted by Gasteiger charge is 2.34. The molecule has 2 aliphatic rings. The Labute approximate surface area is 113 Å². The highest BCUT2D eigenvalue weighted by atomic mass is 16.1. The van der Waals surface area contributed by atoms with E-state index in [1.54, 1.807) is 0 Å². The molecule has 2 unspecified atom stereocenters. The van der Waals surface area contributed by atoms with Crippen molar-refractivity contribution < 1.29 is 4.79 Å². The second-order valence-corrected chi connectivity index (χ2v) is 6.55. The summed E-state index contributed by atoms with van der Waals surface area (Å²) >= 11 is 0. The van der Waals surface area contributed by atoms with Gasteiger partial charge in [-0.1, -0.05) is 57.8 Å². The zero-order valence-electron chi connectivity index (χ0n) is 12.0. The SMILES string of the molecule is O=C1CCCCCCCC2CC2CCCCCC1. The van der Waals surface area contributed by atoms with Crippen LogP contribution in [0.15, 0.2) is 0 Å². The molecule has 2 atom stereocenters. The lowest BCUT2D eigenvalue weighted by Crippen LogP contribution is -1.98. The molecule has 0 saturated heterocycles. The molecular formula is C17H30O. The van der Waals surface area contributed by atoms with Crippen molar-refractivity contribution in [1.29, 1.82) is 0 Å². The van der Waals surface area contributed by atoms with Crippen LogP contribution in [0.4, 0.5) is 0 Å². The molecule has 0 aliphatic heterocycles. The Morgan fingerprint density at radius 2 is 1.06 bits per heavy atom. The summed E-state index contributed by atoms with van der Waals surface area (Å²) in [4.78, 5) is 11.6. The first-order chi connectivity index (χ1) is 8.86. The zero-order chi connectivity index (χ0) is 12.6. The molecule has 0 N–H and O–H groups in total. The molecule has 18 heavy (non-hydrogen) atoms. The maximum atomic E-state index is 11.6. The van der Waals surface area contributed by atoms with Crippen LogP contribution in [-0.2, 0) is 4.79 Å². The third-order valence-corrected chi connectivity index (χ3v) is 4.88. The number of carbonyl (C=O) groups excluding carboxylic acids is 1. The van der Waals surface area contributed by atoms with Crippen molar-refractivity contribution >= 4 is 5.78 Å². The lowest BCUT2D eigenvalue weighted by Gasteiger charge is -2.05. The van der Waals surface area contributed by atoms with Crippen LogP contribution in [0.1, 0.15) is 89.9 Å². The molecule has 0 aromatic rings. The van der Waals surface area contributed by atoms with Crippen molar-refractivity contribution in [2.45, 2.75) is 89.9 Å². The van der Waals surface area contributed by atoms with Crippen molar-refractivity contribution in [3.63, 3.8) is 0 Å². The predicted octanol–water partition coefficient (Wildman–Crippen LogP) is 5.28. The van der Waals surface area contributed by atoms with Crippen LogP contribution in [0.25, 0.3) is 0 Å². The van der Waals surface area contributed by atoms with Crippen LogP contribution < -0.4 is 0 Å². The van der Waals surface area contributed by atoms with Crippen molar-refractivity contribution in [3.8, 4) is 0 Å². The van der Waals surface area contributed by atoms with Gasteiger partial charge in [0, 0.05) is 12.8 Å². The average Bonchev–Trinajstić information content (AvgIpc) is 3.10. The van der Waals surface area contributed by atoms with Gasteiger partial charge in [0.1, 0.15) is 5.78 Å². The number of fused-ring (bicyclic) bond motifs is 1. The topological polar surface area (TPSA) is 17.1 Å². The monoisotopic (exact) mass is 250 g/mol. The predicted molar refractivity (Wildman–Crippen MR) is 76.6 cm³/mol. The van der Waals surface area contributed by atoms with Gasteiger partial charge in [-0.15, -0.1) is 0 Å². The van der Waals surface area contributed by atoms with Gasteiger partial charge in [-0.05, 0) is 31.1 Å². The lowest BCUT2D eigenvalue weighted by molar-refractivity contribution is -0.119. The highest BCUT2D eigenvalue weighted by molar-refractivity contribution is 5.78. The van der Waals surface area contributed by atoms with Crippen LogP contribution in [0.2, 0.25) is 0 Å². The number of hydrogen-bond donors (Lipinski definition) is 0. The van der Waals surface area contributed by atoms with Gasteiger partial charge < -0.3 is 0 Å². The van der Waals surface area contributed by atoms with Crippen molar-refractivity contribution in [1.82, 2.24) is 0 Å². The van der Waals surface area contributed by atoms with Gasteiger partial charge in [0.05, 0.1) is 0 Å². The molecule has 0 heterocycles. The average molecular weight is 250 g/mol. The van der Waals surface area contributed by atoms with Crippen molar-refractivity contribution in [3.05, 3.63) is 0 Å². The lowest BCUT2D eigenvalue weighted by atomic mass is 10.0. The summed E-state index contributed by atoms with van der Waals surface area (Å²) in [5.41, 5.74) is 0. The molecule has 0 radical (unpaired) electrons. The van der Waals surface area contributed by atoms with E-state index in [-0.39, 0.29) is 0 Å². The molecule has 0 spiro atoms. The first-order valence-electron chi connectivity index (χ1n) is 8.38. The van der Waals surface area contributed by atoms with Crippen molar-refractivity contribution in [2.24, 2.45) is 11.8 Å². The largest absolute Gasteiger partial charge is 0.300 e. The summed E-state index contributed by atoms with van der Waals surface area (Å²) in [5, 5.41) is 0. The van der Waals surface area contributed by atoms with E-state index in [1.165, 1.54) is 64.2 Å². The molecular weight excluding hydrogens is 220 g/mol. The highest BCUT2D eigenvalue weighted by Crippen LogP contribution is 2.45. The third-order valence-electron chi connectivity index (χ3n) is 4.88. The molecule has 2 fully saturated rings. The van der Waals surface area contributed by atoms with Gasteiger partial charge in [0.15, 0.2) is 0 Å². The van der Waals surface area contributed by atoms with Gasteiger partial charge in [-0.3, -0.25) is 4.79 Å². The summed E-state index contributed by atoms with van der Waals surface area (Å²) in [6.07, 6.45) is 18.0. The maximum absolute atomic E-state index is 11.6. The van der Waals surface area contributed by atoms with E-state index < -0.39 is 0 Å². The van der Waals surface area contributed by atoms with E-state index in [0.29, 0.717) is 5.78 Å². The van der Waals surface area contributed by atoms with Crippen LogP contribution in [0.5, 0.6) is 0 Å². The molecule has 2 saturated carbocycles. The Balaban J connectivity index is 1.64. The summed E-state index contributed by atoms with van der Waals surface area (Å²) in [6.45, 7) is 0. The fourth-order valence-corrected chi connectivity index (χ4v) is 3.48. The molecule has 104 valence electrons. The van der Waals surface area contributed by atoms with Crippen LogP contribution in [-0.4, -0.2) is 5.78 Å². The molecule has 2 rings (SSSR count). The van der Waals surface area contributed by atoms with Crippen LogP contribution in [0, 0.1) is 11.8 Å². The van der Waals surface area contributed by atoms with Crippen LogP contribution >= 0.6 is 0 Å². The number of rotatable bonds is 0. The minimum Gasteiger partial charge on any atom is -0.300 e. The summed E-state index contributed by atoms with van der Waals surface area (Å²) in [6, 6.07) is 0. The molecule has 1 heteroatoms. The van der Waals surface area contributed by atoms with E-state index in [0.717, 1.165) is 37.5 Å². The number of Topliss-reactive ketones (excluding diaryl/α,β-unsaturated/α-hetero) is 1. The Bertz CT molecular complexity index is 246. The van der Waals surface area contributed by atoms with Gasteiger partial charge in [-0.2, -0.15) is 0 Å². The molecule has 0 bridgehead atoms. The van der Waals surface area contributed by atoms with Gasteiger partial charge >= 0.3 is 0 Å². The fourth-order valence-electron chi connectivity index (χ4n) is 3.48. The second kappa shape index (κ2) is 7.96. The third kappa shape index (κ3) is 5.54. The Hall–Kier alpha value is -0.330. The number of carbonyl (C=O) groups is 1. The Kier molecular flexibility index (Phi) is 6.23. The molecule has 1 nitrogen and oxygen atoms in total. The maximum Gasteiger partial charge on any atom is 0.132 e. The van der Waals surface area contributed by atoms with E-state index in [4.69, 9.17) is 0 Å². The fraction of sp³-hybridized carbons (Fsp3) is 0.941. The quantitative estimate of drug-likeness (QED) is 0.572. The normalized spacial score (nSPS) is 32.8. The standard InChI is InChI=1S/C17H30O/c18-17-12-8-3-1-2-6-10-15-14-16(15)11-7-4-5-9-13-17/h15-16H,1-14H2.